The summed E-state index contributed by atoms with van der Waals surface area (Å²) < 4.78 is 43.9. The highest BCUT2D eigenvalue weighted by Crippen LogP contribution is 2.45. The van der Waals surface area contributed by atoms with Gasteiger partial charge in [0.05, 0.1) is 32.5 Å². The second-order valence-electron chi connectivity index (χ2n) is 6.68. The van der Waals surface area contributed by atoms with Crippen LogP contribution in [0.25, 0.3) is 0 Å². The first-order valence-electron chi connectivity index (χ1n) is 10.2. The Morgan fingerprint density at radius 2 is 1.77 bits per heavy atom. The molecule has 0 amide bonds. The van der Waals surface area contributed by atoms with Gasteiger partial charge in [0, 0.05) is 24.7 Å². The number of methoxy groups -OCH3 is 4. The first-order valence-corrected chi connectivity index (χ1v) is 8.71. The first kappa shape index (κ1) is 13.8. The van der Waals surface area contributed by atoms with Crippen LogP contribution in [0.1, 0.15) is 32.4 Å². The second kappa shape index (κ2) is 6.72. The van der Waals surface area contributed by atoms with Crippen molar-refractivity contribution in [2.45, 2.75) is 25.4 Å². The molecule has 0 bridgehead atoms. The van der Waals surface area contributed by atoms with Crippen molar-refractivity contribution in [2.24, 2.45) is 0 Å². The molecule has 0 spiro atoms. The lowest BCUT2D eigenvalue weighted by Crippen LogP contribution is -2.39. The van der Waals surface area contributed by atoms with E-state index in [-0.39, 0.29) is 11.8 Å². The van der Waals surface area contributed by atoms with Crippen LogP contribution in [0.4, 0.5) is 0 Å². The van der Waals surface area contributed by atoms with Crippen LogP contribution < -0.4 is 18.9 Å². The molecule has 2 aliphatic heterocycles. The maximum atomic E-state index is 7.41. The Labute approximate surface area is 158 Å². The molecule has 1 unspecified atom stereocenters. The zero-order valence-electron chi connectivity index (χ0n) is 18.3. The fourth-order valence-electron chi connectivity index (χ4n) is 4.24. The Balaban J connectivity index is 1.73. The molecule has 5 heteroatoms. The fraction of sp³-hybridized carbons (Fsp3) is 0.429. The number of nitrogens with zero attached hydrogens (tertiary/aromatic N) is 1. The van der Waals surface area contributed by atoms with Crippen LogP contribution in [-0.4, -0.2) is 39.8 Å². The smallest absolute Gasteiger partial charge is 0.165 e. The average molecular weight is 358 g/mol. The van der Waals surface area contributed by atoms with E-state index in [0.717, 1.165) is 48.6 Å². The van der Waals surface area contributed by atoms with Crippen LogP contribution >= 0.6 is 0 Å². The van der Waals surface area contributed by atoms with E-state index < -0.39 is 7.04 Å². The lowest BCUT2D eigenvalue weighted by Gasteiger charge is -2.42. The van der Waals surface area contributed by atoms with E-state index in [1.54, 1.807) is 14.2 Å². The number of rotatable bonds is 4. The summed E-state index contributed by atoms with van der Waals surface area (Å²) in [6.07, 6.45) is 1.65. The van der Waals surface area contributed by atoms with E-state index in [9.17, 15) is 0 Å². The van der Waals surface area contributed by atoms with Crippen LogP contribution in [0.15, 0.2) is 24.3 Å². The van der Waals surface area contributed by atoms with Crippen LogP contribution in [0, 0.1) is 0 Å². The molecule has 2 heterocycles. The molecule has 0 radical (unpaired) electrons. The number of ether oxygens (including phenoxy) is 4. The Kier molecular flexibility index (Phi) is 3.56. The highest BCUT2D eigenvalue weighted by molar-refractivity contribution is 5.54. The third kappa shape index (κ3) is 2.58. The van der Waals surface area contributed by atoms with Crippen molar-refractivity contribution >= 4 is 0 Å². The lowest BCUT2D eigenvalue weighted by molar-refractivity contribution is 0.157. The standard InChI is InChI=1S/C21H25NO4/c1-23-18-6-5-13-9-17-15-11-20(25-3)19(24-2)10-14(15)7-8-22(17)12-16(13)21(18)26-4/h5-6,10-11,17H,7-9,12H2,1-4H3/i2D3. The summed E-state index contributed by atoms with van der Waals surface area (Å²) in [5.41, 5.74) is 4.67. The van der Waals surface area contributed by atoms with Crippen LogP contribution in [0.2, 0.25) is 0 Å². The summed E-state index contributed by atoms with van der Waals surface area (Å²) in [5.74, 6) is 2.26. The summed E-state index contributed by atoms with van der Waals surface area (Å²) in [7, 11) is 2.34. The van der Waals surface area contributed by atoms with E-state index >= 15 is 0 Å². The first-order chi connectivity index (χ1) is 13.8. The fourth-order valence-corrected chi connectivity index (χ4v) is 4.24. The summed E-state index contributed by atoms with van der Waals surface area (Å²) in [6, 6.07) is 8.00. The quantitative estimate of drug-likeness (QED) is 0.838. The van der Waals surface area contributed by atoms with Gasteiger partial charge in [-0.25, -0.2) is 0 Å². The average Bonchev–Trinajstić information content (AvgIpc) is 2.69. The van der Waals surface area contributed by atoms with Gasteiger partial charge in [0.15, 0.2) is 23.0 Å². The summed E-state index contributed by atoms with van der Waals surface area (Å²) in [5, 5.41) is 0. The zero-order chi connectivity index (χ0) is 20.8. The maximum absolute atomic E-state index is 7.41. The molecule has 4 rings (SSSR count). The van der Waals surface area contributed by atoms with Crippen molar-refractivity contribution in [1.82, 2.24) is 4.90 Å². The number of fused-ring (bicyclic) bond motifs is 4. The molecule has 2 aromatic carbocycles. The Morgan fingerprint density at radius 1 is 0.962 bits per heavy atom. The Hall–Kier alpha value is -2.40. The molecular formula is C21H25NO4. The minimum Gasteiger partial charge on any atom is -0.493 e. The molecule has 5 nitrogen and oxygen atoms in total. The third-order valence-corrected chi connectivity index (χ3v) is 5.52. The van der Waals surface area contributed by atoms with Crippen LogP contribution in [-0.2, 0) is 19.4 Å². The predicted molar refractivity (Wildman–Crippen MR) is 99.7 cm³/mol. The highest BCUT2D eigenvalue weighted by atomic mass is 16.5. The second-order valence-corrected chi connectivity index (χ2v) is 6.68. The minimum atomic E-state index is -2.51. The molecule has 2 aromatic rings. The Bertz CT molecular complexity index is 929. The molecule has 1 atom stereocenters. The van der Waals surface area contributed by atoms with Gasteiger partial charge < -0.3 is 18.9 Å². The van der Waals surface area contributed by atoms with Gasteiger partial charge in [-0.2, -0.15) is 0 Å². The van der Waals surface area contributed by atoms with Gasteiger partial charge in [-0.1, -0.05) is 6.07 Å². The van der Waals surface area contributed by atoms with Crippen molar-refractivity contribution < 1.29 is 23.1 Å². The molecule has 138 valence electrons. The number of benzene rings is 2. The van der Waals surface area contributed by atoms with Crippen molar-refractivity contribution in [2.75, 3.05) is 34.9 Å². The molecular weight excluding hydrogens is 330 g/mol. The molecule has 0 aliphatic carbocycles. The van der Waals surface area contributed by atoms with Gasteiger partial charge in [-0.15, -0.1) is 0 Å². The van der Waals surface area contributed by atoms with E-state index in [2.05, 4.69) is 11.0 Å². The summed E-state index contributed by atoms with van der Waals surface area (Å²) >= 11 is 0. The monoisotopic (exact) mass is 358 g/mol. The van der Waals surface area contributed by atoms with Crippen molar-refractivity contribution in [1.29, 1.82) is 0 Å². The molecule has 0 aromatic heterocycles. The zero-order valence-corrected chi connectivity index (χ0v) is 15.3. The van der Waals surface area contributed by atoms with Crippen LogP contribution in [0.5, 0.6) is 23.0 Å². The van der Waals surface area contributed by atoms with Gasteiger partial charge >= 0.3 is 0 Å². The van der Waals surface area contributed by atoms with E-state index in [4.69, 9.17) is 23.1 Å². The van der Waals surface area contributed by atoms with Gasteiger partial charge in [0.2, 0.25) is 0 Å². The van der Waals surface area contributed by atoms with Crippen molar-refractivity contribution in [3.8, 4) is 23.0 Å². The number of hydrogen-bond acceptors (Lipinski definition) is 5. The minimum absolute atomic E-state index is 0.195. The molecule has 0 saturated carbocycles. The molecule has 0 fully saturated rings. The molecule has 0 N–H and O–H groups in total. The van der Waals surface area contributed by atoms with E-state index in [1.165, 1.54) is 18.2 Å². The topological polar surface area (TPSA) is 40.2 Å². The Morgan fingerprint density at radius 3 is 2.50 bits per heavy atom. The number of hydrogen-bond donors (Lipinski definition) is 0. The molecule has 26 heavy (non-hydrogen) atoms. The highest BCUT2D eigenvalue weighted by Gasteiger charge is 2.34. The maximum Gasteiger partial charge on any atom is 0.165 e. The van der Waals surface area contributed by atoms with E-state index in [0.29, 0.717) is 5.75 Å². The van der Waals surface area contributed by atoms with Crippen molar-refractivity contribution in [3.63, 3.8) is 0 Å². The largest absolute Gasteiger partial charge is 0.493 e. The van der Waals surface area contributed by atoms with Crippen LogP contribution in [0.3, 0.4) is 0 Å². The third-order valence-electron chi connectivity index (χ3n) is 5.52. The molecule has 0 saturated heterocycles. The van der Waals surface area contributed by atoms with Gasteiger partial charge in [-0.05, 0) is 47.7 Å². The van der Waals surface area contributed by atoms with E-state index in [1.807, 2.05) is 18.2 Å². The molecule has 2 aliphatic rings. The predicted octanol–water partition coefficient (Wildman–Crippen LogP) is 3.38. The van der Waals surface area contributed by atoms with Gasteiger partial charge in [-0.3, -0.25) is 4.90 Å². The van der Waals surface area contributed by atoms with Gasteiger partial charge in [0.1, 0.15) is 0 Å². The SMILES string of the molecule is [2H]C([2H])([2H])Oc1cc2c(cc1OC)C1Cc3ccc(OC)c(OC)c3CN1CC2. The normalized spacial score (nSPS) is 20.6. The van der Waals surface area contributed by atoms with Gasteiger partial charge in [0.25, 0.3) is 0 Å². The summed E-state index contributed by atoms with van der Waals surface area (Å²) in [4.78, 5) is 2.43. The lowest BCUT2D eigenvalue weighted by atomic mass is 9.83. The van der Waals surface area contributed by atoms with Crippen molar-refractivity contribution in [3.05, 3.63) is 46.5 Å². The summed E-state index contributed by atoms with van der Waals surface area (Å²) in [6.45, 7) is 1.65.